The van der Waals surface area contributed by atoms with Gasteiger partial charge in [-0.25, -0.2) is 4.98 Å². The maximum absolute atomic E-state index is 12.4. The van der Waals surface area contributed by atoms with Gasteiger partial charge in [0.05, 0.1) is 41.7 Å². The van der Waals surface area contributed by atoms with Gasteiger partial charge in [0.25, 0.3) is 5.56 Å². The summed E-state index contributed by atoms with van der Waals surface area (Å²) in [6.45, 7) is 0.464. The third kappa shape index (κ3) is 2.77. The Morgan fingerprint density at radius 3 is 2.85 bits per heavy atom. The monoisotopic (exact) mass is 353 g/mol. The highest BCUT2D eigenvalue weighted by Crippen LogP contribution is 2.24. The summed E-state index contributed by atoms with van der Waals surface area (Å²) in [5.74, 6) is 0. The van der Waals surface area contributed by atoms with Crippen LogP contribution in [0, 0.1) is 0 Å². The molecule has 3 heterocycles. The van der Waals surface area contributed by atoms with Crippen molar-refractivity contribution in [2.45, 2.75) is 6.54 Å². The number of nitrogens with zero attached hydrogens (tertiary/aromatic N) is 4. The highest BCUT2D eigenvalue weighted by molar-refractivity contribution is 5.84. The molecule has 6 nitrogen and oxygen atoms in total. The van der Waals surface area contributed by atoms with Crippen molar-refractivity contribution in [2.75, 3.05) is 0 Å². The number of H-pyrrole nitrogens is 1. The molecule has 0 unspecified atom stereocenters. The van der Waals surface area contributed by atoms with Gasteiger partial charge < -0.3 is 0 Å². The summed E-state index contributed by atoms with van der Waals surface area (Å²) in [4.78, 5) is 20.7. The van der Waals surface area contributed by atoms with Crippen LogP contribution in [0.3, 0.4) is 0 Å². The number of benzene rings is 2. The lowest BCUT2D eigenvalue weighted by molar-refractivity contribution is 0.785. The van der Waals surface area contributed by atoms with Gasteiger partial charge in [0, 0.05) is 11.6 Å². The first kappa shape index (κ1) is 15.5. The summed E-state index contributed by atoms with van der Waals surface area (Å²) >= 11 is 0. The van der Waals surface area contributed by atoms with E-state index in [2.05, 4.69) is 44.4 Å². The van der Waals surface area contributed by atoms with Gasteiger partial charge >= 0.3 is 0 Å². The molecule has 0 radical (unpaired) electrons. The topological polar surface area (TPSA) is 76.5 Å². The fourth-order valence-corrected chi connectivity index (χ4v) is 3.33. The fraction of sp³-hybridized carbons (Fsp3) is 0.0476. The lowest BCUT2D eigenvalue weighted by Crippen LogP contribution is -2.21. The number of fused-ring (bicyclic) bond motifs is 2. The van der Waals surface area contributed by atoms with Crippen molar-refractivity contribution in [1.29, 1.82) is 0 Å². The van der Waals surface area contributed by atoms with E-state index < -0.39 is 0 Å². The van der Waals surface area contributed by atoms with Gasteiger partial charge in [-0.15, -0.1) is 0 Å². The molecule has 2 aromatic carbocycles. The fourth-order valence-electron chi connectivity index (χ4n) is 3.33. The predicted octanol–water partition coefficient (Wildman–Crippen LogP) is 3.38. The van der Waals surface area contributed by atoms with Gasteiger partial charge in [-0.1, -0.05) is 24.3 Å². The van der Waals surface area contributed by atoms with Crippen LogP contribution in [0.25, 0.3) is 33.1 Å². The number of rotatable bonds is 3. The second kappa shape index (κ2) is 6.17. The predicted molar refractivity (Wildman–Crippen MR) is 104 cm³/mol. The maximum atomic E-state index is 12.4. The Morgan fingerprint density at radius 2 is 1.89 bits per heavy atom. The molecular formula is C21H15N5O. The van der Waals surface area contributed by atoms with E-state index in [0.717, 1.165) is 38.6 Å². The summed E-state index contributed by atoms with van der Waals surface area (Å²) in [6, 6.07) is 16.2. The minimum Gasteiger partial charge on any atom is -0.300 e. The summed E-state index contributed by atoms with van der Waals surface area (Å²) < 4.78 is 1.70. The lowest BCUT2D eigenvalue weighted by atomic mass is 10.0. The molecule has 0 bridgehead atoms. The van der Waals surface area contributed by atoms with E-state index in [1.165, 1.54) is 6.20 Å². The summed E-state index contributed by atoms with van der Waals surface area (Å²) in [5, 5.41) is 8.11. The van der Waals surface area contributed by atoms with Crippen molar-refractivity contribution in [3.8, 4) is 11.1 Å². The Labute approximate surface area is 154 Å². The maximum Gasteiger partial charge on any atom is 0.269 e. The Kier molecular flexibility index (Phi) is 3.53. The number of nitrogens with one attached hydrogen (secondary N) is 1. The van der Waals surface area contributed by atoms with E-state index in [4.69, 9.17) is 0 Å². The summed E-state index contributed by atoms with van der Waals surface area (Å²) in [7, 11) is 0. The first-order chi connectivity index (χ1) is 13.3. The second-order valence-corrected chi connectivity index (χ2v) is 6.42. The molecule has 0 saturated carbocycles. The zero-order valence-electron chi connectivity index (χ0n) is 14.3. The van der Waals surface area contributed by atoms with Crippen LogP contribution >= 0.6 is 0 Å². The van der Waals surface area contributed by atoms with Gasteiger partial charge in [0.1, 0.15) is 0 Å². The molecule has 1 N–H and O–H groups in total. The Balaban J connectivity index is 1.57. The van der Waals surface area contributed by atoms with E-state index in [0.29, 0.717) is 6.54 Å². The molecule has 130 valence electrons. The van der Waals surface area contributed by atoms with Crippen molar-refractivity contribution < 1.29 is 0 Å². The molecule has 3 aromatic heterocycles. The third-order valence-corrected chi connectivity index (χ3v) is 4.69. The molecule has 0 aliphatic heterocycles. The van der Waals surface area contributed by atoms with Crippen molar-refractivity contribution in [1.82, 2.24) is 24.7 Å². The number of aromatic nitrogens is 5. The number of pyridine rings is 1. The van der Waals surface area contributed by atoms with Crippen LogP contribution in [-0.2, 0) is 6.54 Å². The zero-order valence-corrected chi connectivity index (χ0v) is 14.3. The van der Waals surface area contributed by atoms with Crippen LogP contribution in [0.5, 0.6) is 0 Å². The van der Waals surface area contributed by atoms with Gasteiger partial charge in [-0.05, 0) is 41.0 Å². The average molecular weight is 353 g/mol. The molecule has 0 amide bonds. The van der Waals surface area contributed by atoms with Crippen LogP contribution in [0.4, 0.5) is 0 Å². The average Bonchev–Trinajstić information content (AvgIpc) is 3.18. The van der Waals surface area contributed by atoms with Crippen molar-refractivity contribution >= 4 is 21.9 Å². The van der Waals surface area contributed by atoms with Crippen LogP contribution < -0.4 is 5.56 Å². The quantitative estimate of drug-likeness (QED) is 0.539. The van der Waals surface area contributed by atoms with Gasteiger partial charge in [0.15, 0.2) is 0 Å². The van der Waals surface area contributed by atoms with Crippen LogP contribution in [0.1, 0.15) is 5.56 Å². The minimum atomic E-state index is -0.138. The number of hydrogen-bond acceptors (Lipinski definition) is 4. The molecule has 0 fully saturated rings. The van der Waals surface area contributed by atoms with Gasteiger partial charge in [-0.2, -0.15) is 5.10 Å². The lowest BCUT2D eigenvalue weighted by Gasteiger charge is -2.10. The van der Waals surface area contributed by atoms with E-state index >= 15 is 0 Å². The van der Waals surface area contributed by atoms with Crippen LogP contribution in [0.15, 0.2) is 78.1 Å². The Bertz CT molecular complexity index is 1340. The molecule has 5 rings (SSSR count). The van der Waals surface area contributed by atoms with Gasteiger partial charge in [0.2, 0.25) is 0 Å². The molecule has 0 spiro atoms. The van der Waals surface area contributed by atoms with Crippen molar-refractivity contribution in [3.63, 3.8) is 0 Å². The smallest absolute Gasteiger partial charge is 0.269 e. The first-order valence-corrected chi connectivity index (χ1v) is 8.60. The molecule has 6 heteroatoms. The van der Waals surface area contributed by atoms with Crippen molar-refractivity contribution in [2.24, 2.45) is 0 Å². The Hall–Kier alpha value is -3.80. The second-order valence-electron chi connectivity index (χ2n) is 6.42. The van der Waals surface area contributed by atoms with E-state index in [1.54, 1.807) is 17.0 Å². The van der Waals surface area contributed by atoms with E-state index in [-0.39, 0.29) is 5.56 Å². The normalized spacial score (nSPS) is 11.3. The standard InChI is InChI=1S/C21H15N5O/c27-21-12-23-19-6-7-22-11-20(19)26(21)13-14-2-1-3-15(8-14)16-4-5-18-17(9-16)10-24-25-18/h1-12H,13H2,(H,24,25). The molecule has 5 aromatic rings. The molecule has 0 aliphatic carbocycles. The minimum absolute atomic E-state index is 0.138. The summed E-state index contributed by atoms with van der Waals surface area (Å²) in [5.41, 5.74) is 5.61. The number of aromatic amines is 1. The van der Waals surface area contributed by atoms with Crippen LogP contribution in [-0.4, -0.2) is 24.7 Å². The molecule has 0 saturated heterocycles. The first-order valence-electron chi connectivity index (χ1n) is 8.60. The SMILES string of the molecule is O=c1cnc2ccncc2n1Cc1cccc(-c2ccc3[nH]ncc3c2)c1. The highest BCUT2D eigenvalue weighted by atomic mass is 16.1. The summed E-state index contributed by atoms with van der Waals surface area (Å²) in [6.07, 6.45) is 6.54. The Morgan fingerprint density at radius 1 is 0.963 bits per heavy atom. The molecular weight excluding hydrogens is 338 g/mol. The molecule has 0 aliphatic rings. The van der Waals surface area contributed by atoms with E-state index in [1.807, 2.05) is 30.5 Å². The largest absolute Gasteiger partial charge is 0.300 e. The molecule has 27 heavy (non-hydrogen) atoms. The third-order valence-electron chi connectivity index (χ3n) is 4.69. The molecule has 0 atom stereocenters. The van der Waals surface area contributed by atoms with Gasteiger partial charge in [-0.3, -0.25) is 19.4 Å². The number of hydrogen-bond donors (Lipinski definition) is 1. The van der Waals surface area contributed by atoms with Crippen molar-refractivity contribution in [3.05, 3.63) is 89.2 Å². The van der Waals surface area contributed by atoms with E-state index in [9.17, 15) is 4.79 Å². The van der Waals surface area contributed by atoms with Crippen LogP contribution in [0.2, 0.25) is 0 Å². The highest BCUT2D eigenvalue weighted by Gasteiger charge is 2.07. The zero-order chi connectivity index (χ0) is 18.2.